The fraction of sp³-hybridized carbons (Fsp3) is 0.188. The lowest BCUT2D eigenvalue weighted by molar-refractivity contribution is 0.0937. The van der Waals surface area contributed by atoms with Crippen molar-refractivity contribution in [2.24, 2.45) is 0 Å². The first-order valence-corrected chi connectivity index (χ1v) is 6.86. The Morgan fingerprint density at radius 1 is 1.25 bits per heavy atom. The van der Waals surface area contributed by atoms with E-state index in [2.05, 4.69) is 5.32 Å². The molecular formula is C16H16ClNO2. The first-order chi connectivity index (χ1) is 9.61. The topological polar surface area (TPSA) is 49.3 Å². The number of amides is 1. The third kappa shape index (κ3) is 3.31. The predicted octanol–water partition coefficient (Wildman–Crippen LogP) is 3.41. The molecule has 3 nitrogen and oxygen atoms in total. The van der Waals surface area contributed by atoms with Crippen molar-refractivity contribution in [1.82, 2.24) is 5.32 Å². The van der Waals surface area contributed by atoms with E-state index < -0.39 is 0 Å². The second-order valence-electron chi connectivity index (χ2n) is 4.61. The summed E-state index contributed by atoms with van der Waals surface area (Å²) in [4.78, 5) is 12.2. The molecule has 0 spiro atoms. The Hall–Kier alpha value is -2.00. The van der Waals surface area contributed by atoms with Crippen LogP contribution < -0.4 is 5.32 Å². The van der Waals surface area contributed by atoms with Crippen LogP contribution in [0, 0.1) is 6.92 Å². The van der Waals surface area contributed by atoms with Crippen molar-refractivity contribution in [3.63, 3.8) is 0 Å². The largest absolute Gasteiger partial charge is 0.507 e. The van der Waals surface area contributed by atoms with E-state index in [0.717, 1.165) is 11.1 Å². The molecule has 1 unspecified atom stereocenters. The summed E-state index contributed by atoms with van der Waals surface area (Å²) in [5, 5.41) is 12.7. The average molecular weight is 290 g/mol. The van der Waals surface area contributed by atoms with Gasteiger partial charge in [0.05, 0.1) is 11.6 Å². The summed E-state index contributed by atoms with van der Waals surface area (Å²) in [5.41, 5.74) is 2.08. The van der Waals surface area contributed by atoms with Crippen LogP contribution in [0.25, 0.3) is 0 Å². The van der Waals surface area contributed by atoms with E-state index in [1.165, 1.54) is 0 Å². The molecule has 0 aliphatic carbocycles. The molecule has 0 radical (unpaired) electrons. The lowest BCUT2D eigenvalue weighted by atomic mass is 10.1. The van der Waals surface area contributed by atoms with Crippen molar-refractivity contribution >= 4 is 17.5 Å². The minimum atomic E-state index is -0.336. The van der Waals surface area contributed by atoms with Gasteiger partial charge in [-0.05, 0) is 30.2 Å². The van der Waals surface area contributed by atoms with Gasteiger partial charge >= 0.3 is 0 Å². The Bertz CT molecular complexity index is 599. The number of aromatic hydroxyl groups is 1. The molecule has 1 amide bonds. The molecule has 2 aromatic carbocycles. The van der Waals surface area contributed by atoms with E-state index in [-0.39, 0.29) is 29.1 Å². The Morgan fingerprint density at radius 3 is 2.55 bits per heavy atom. The average Bonchev–Trinajstić information content (AvgIpc) is 2.45. The maximum absolute atomic E-state index is 12.2. The number of phenols is 1. The number of rotatable bonds is 4. The van der Waals surface area contributed by atoms with Gasteiger partial charge in [-0.1, -0.05) is 36.4 Å². The maximum atomic E-state index is 12.2. The molecule has 2 rings (SSSR count). The molecular weight excluding hydrogens is 274 g/mol. The number of halogens is 1. The Labute approximate surface area is 123 Å². The van der Waals surface area contributed by atoms with Gasteiger partial charge in [0.2, 0.25) is 0 Å². The van der Waals surface area contributed by atoms with Crippen molar-refractivity contribution in [3.05, 3.63) is 65.2 Å². The first-order valence-electron chi connectivity index (χ1n) is 6.33. The molecule has 0 bridgehead atoms. The highest BCUT2D eigenvalue weighted by atomic mass is 35.5. The van der Waals surface area contributed by atoms with Crippen LogP contribution in [0.2, 0.25) is 0 Å². The second-order valence-corrected chi connectivity index (χ2v) is 4.92. The number of alkyl halides is 1. The summed E-state index contributed by atoms with van der Waals surface area (Å²) in [5.74, 6) is -0.0940. The Kier molecular flexibility index (Phi) is 4.64. The minimum Gasteiger partial charge on any atom is -0.507 e. The zero-order valence-corrected chi connectivity index (χ0v) is 11.9. The lowest BCUT2D eigenvalue weighted by Gasteiger charge is -2.17. The van der Waals surface area contributed by atoms with Gasteiger partial charge in [0.15, 0.2) is 0 Å². The molecule has 0 heterocycles. The van der Waals surface area contributed by atoms with Gasteiger partial charge in [-0.15, -0.1) is 11.6 Å². The molecule has 0 saturated carbocycles. The predicted molar refractivity (Wildman–Crippen MR) is 80.2 cm³/mol. The highest BCUT2D eigenvalue weighted by Crippen LogP contribution is 2.20. The summed E-state index contributed by atoms with van der Waals surface area (Å²) in [6, 6.07) is 14.2. The fourth-order valence-corrected chi connectivity index (χ4v) is 2.22. The quantitative estimate of drug-likeness (QED) is 0.848. The normalized spacial score (nSPS) is 11.9. The number of hydrogen-bond donors (Lipinski definition) is 2. The highest BCUT2D eigenvalue weighted by molar-refractivity contribution is 6.18. The lowest BCUT2D eigenvalue weighted by Crippen LogP contribution is -2.29. The van der Waals surface area contributed by atoms with Crippen LogP contribution in [-0.4, -0.2) is 16.9 Å². The van der Waals surface area contributed by atoms with E-state index in [0.29, 0.717) is 0 Å². The number of carbonyl (C=O) groups is 1. The molecule has 1 atom stereocenters. The van der Waals surface area contributed by atoms with Gasteiger partial charge < -0.3 is 10.4 Å². The molecule has 0 saturated heterocycles. The van der Waals surface area contributed by atoms with Gasteiger partial charge in [-0.2, -0.15) is 0 Å². The Balaban J connectivity index is 2.17. The molecule has 4 heteroatoms. The summed E-state index contributed by atoms with van der Waals surface area (Å²) in [6.45, 7) is 1.85. The molecule has 0 aromatic heterocycles. The monoisotopic (exact) mass is 289 g/mol. The molecule has 104 valence electrons. The van der Waals surface area contributed by atoms with Crippen LogP contribution >= 0.6 is 11.6 Å². The van der Waals surface area contributed by atoms with Crippen molar-refractivity contribution in [2.45, 2.75) is 13.0 Å². The third-order valence-electron chi connectivity index (χ3n) is 3.06. The Morgan fingerprint density at radius 2 is 1.95 bits per heavy atom. The molecule has 0 aliphatic rings. The third-order valence-corrected chi connectivity index (χ3v) is 3.37. The summed E-state index contributed by atoms with van der Waals surface area (Å²) >= 11 is 5.92. The molecule has 0 aliphatic heterocycles. The number of hydrogen-bond acceptors (Lipinski definition) is 2. The second kappa shape index (κ2) is 6.44. The van der Waals surface area contributed by atoms with Crippen molar-refractivity contribution in [2.75, 3.05) is 5.88 Å². The van der Waals surface area contributed by atoms with Crippen LogP contribution in [-0.2, 0) is 0 Å². The fourth-order valence-electron chi connectivity index (χ4n) is 1.97. The van der Waals surface area contributed by atoms with E-state index in [9.17, 15) is 9.90 Å². The molecule has 20 heavy (non-hydrogen) atoms. The van der Waals surface area contributed by atoms with Crippen LogP contribution in [0.1, 0.15) is 27.5 Å². The number of carbonyl (C=O) groups excluding carboxylic acids is 1. The van der Waals surface area contributed by atoms with E-state index in [4.69, 9.17) is 11.6 Å². The SMILES string of the molecule is Cc1ccc(C(=O)NC(CCl)c2ccccc2)c(O)c1. The van der Waals surface area contributed by atoms with Crippen LogP contribution in [0.5, 0.6) is 5.75 Å². The van der Waals surface area contributed by atoms with Gasteiger partial charge in [-0.3, -0.25) is 4.79 Å². The minimum absolute atomic E-state index is 0.0242. The van der Waals surface area contributed by atoms with Crippen LogP contribution in [0.3, 0.4) is 0 Å². The van der Waals surface area contributed by atoms with Crippen molar-refractivity contribution < 1.29 is 9.90 Å². The molecule has 2 aromatic rings. The van der Waals surface area contributed by atoms with E-state index >= 15 is 0 Å². The molecule has 2 N–H and O–H groups in total. The van der Waals surface area contributed by atoms with Crippen LogP contribution in [0.4, 0.5) is 0 Å². The van der Waals surface area contributed by atoms with Gasteiger partial charge in [0.25, 0.3) is 5.91 Å². The van der Waals surface area contributed by atoms with E-state index in [1.807, 2.05) is 37.3 Å². The zero-order chi connectivity index (χ0) is 14.5. The number of phenolic OH excluding ortho intramolecular Hbond substituents is 1. The molecule has 0 fully saturated rings. The van der Waals surface area contributed by atoms with E-state index in [1.54, 1.807) is 18.2 Å². The first kappa shape index (κ1) is 14.4. The number of aryl methyl sites for hydroxylation is 1. The van der Waals surface area contributed by atoms with Crippen molar-refractivity contribution in [3.8, 4) is 5.75 Å². The van der Waals surface area contributed by atoms with Gasteiger partial charge in [0, 0.05) is 5.88 Å². The summed E-state index contributed by atoms with van der Waals surface area (Å²) < 4.78 is 0. The van der Waals surface area contributed by atoms with Gasteiger partial charge in [0.1, 0.15) is 5.75 Å². The number of nitrogens with one attached hydrogen (secondary N) is 1. The van der Waals surface area contributed by atoms with Crippen molar-refractivity contribution in [1.29, 1.82) is 0 Å². The smallest absolute Gasteiger partial charge is 0.255 e. The zero-order valence-electron chi connectivity index (χ0n) is 11.1. The maximum Gasteiger partial charge on any atom is 0.255 e. The number of benzene rings is 2. The summed E-state index contributed by atoms with van der Waals surface area (Å²) in [7, 11) is 0. The standard InChI is InChI=1S/C16H16ClNO2/c1-11-7-8-13(15(19)9-11)16(20)18-14(10-17)12-5-3-2-4-6-12/h2-9,14,19H,10H2,1H3,(H,18,20). The summed E-state index contributed by atoms with van der Waals surface area (Å²) in [6.07, 6.45) is 0. The highest BCUT2D eigenvalue weighted by Gasteiger charge is 2.17. The van der Waals surface area contributed by atoms with Gasteiger partial charge in [-0.25, -0.2) is 0 Å². The van der Waals surface area contributed by atoms with Crippen LogP contribution in [0.15, 0.2) is 48.5 Å².